The Morgan fingerprint density at radius 1 is 1.03 bits per heavy atom. The third-order valence-electron chi connectivity index (χ3n) is 5.41. The highest BCUT2D eigenvalue weighted by Crippen LogP contribution is 2.26. The van der Waals surface area contributed by atoms with E-state index < -0.39 is 23.9 Å². The smallest absolute Gasteiger partial charge is 0.312 e. The molecule has 1 saturated heterocycles. The molecule has 0 unspecified atom stereocenters. The van der Waals surface area contributed by atoms with Crippen molar-refractivity contribution in [2.75, 3.05) is 16.8 Å². The van der Waals surface area contributed by atoms with Gasteiger partial charge in [-0.1, -0.05) is 38.1 Å². The van der Waals surface area contributed by atoms with Gasteiger partial charge in [-0.05, 0) is 55.2 Å². The van der Waals surface area contributed by atoms with Crippen LogP contribution in [0.5, 0.6) is 0 Å². The first-order chi connectivity index (χ1) is 14.4. The maximum atomic E-state index is 12.5. The number of nitrogens with one attached hydrogen (secondary N) is 1. The molecule has 0 aliphatic carbocycles. The molecule has 3 rings (SSSR count). The van der Waals surface area contributed by atoms with Gasteiger partial charge in [0.1, 0.15) is 0 Å². The lowest BCUT2D eigenvalue weighted by atomic mass is 10.1. The normalized spacial score (nSPS) is 17.0. The van der Waals surface area contributed by atoms with E-state index in [2.05, 4.69) is 19.2 Å². The fraction of sp³-hybridized carbons (Fsp3) is 0.375. The summed E-state index contributed by atoms with van der Waals surface area (Å²) in [6, 6.07) is 15.3. The average molecular weight is 408 g/mol. The van der Waals surface area contributed by atoms with Crippen LogP contribution >= 0.6 is 0 Å². The summed E-state index contributed by atoms with van der Waals surface area (Å²) >= 11 is 0. The molecule has 2 aromatic carbocycles. The van der Waals surface area contributed by atoms with Crippen molar-refractivity contribution in [1.82, 2.24) is 0 Å². The van der Waals surface area contributed by atoms with Crippen molar-refractivity contribution in [2.45, 2.75) is 46.1 Å². The van der Waals surface area contributed by atoms with Crippen molar-refractivity contribution < 1.29 is 19.1 Å². The Hall–Kier alpha value is -3.15. The van der Waals surface area contributed by atoms with Crippen LogP contribution in [-0.4, -0.2) is 30.4 Å². The van der Waals surface area contributed by atoms with E-state index in [1.807, 2.05) is 48.5 Å². The first-order valence-corrected chi connectivity index (χ1v) is 10.4. The van der Waals surface area contributed by atoms with E-state index in [1.54, 1.807) is 4.90 Å². The second-order valence-electron chi connectivity index (χ2n) is 7.54. The summed E-state index contributed by atoms with van der Waals surface area (Å²) in [5.41, 5.74) is 3.78. The molecule has 1 fully saturated rings. The lowest BCUT2D eigenvalue weighted by Gasteiger charge is -2.18. The molecular weight excluding hydrogens is 380 g/mol. The van der Waals surface area contributed by atoms with Gasteiger partial charge in [0.05, 0.1) is 5.92 Å². The minimum absolute atomic E-state index is 0.0845. The molecule has 0 bridgehead atoms. The van der Waals surface area contributed by atoms with Gasteiger partial charge in [0.2, 0.25) is 5.91 Å². The summed E-state index contributed by atoms with van der Waals surface area (Å²) in [6.07, 6.45) is 0.978. The first-order valence-electron chi connectivity index (χ1n) is 10.4. The van der Waals surface area contributed by atoms with E-state index in [0.29, 0.717) is 5.69 Å². The zero-order valence-electron chi connectivity index (χ0n) is 17.7. The number of rotatable bonds is 7. The molecule has 6 heteroatoms. The predicted molar refractivity (Wildman–Crippen MR) is 116 cm³/mol. The predicted octanol–water partition coefficient (Wildman–Crippen LogP) is 3.73. The summed E-state index contributed by atoms with van der Waals surface area (Å²) in [4.78, 5) is 38.9. The highest BCUT2D eigenvalue weighted by Gasteiger charge is 2.37. The largest absolute Gasteiger partial charge is 0.452 e. The van der Waals surface area contributed by atoms with Crippen LogP contribution in [0.2, 0.25) is 0 Å². The Balaban J connectivity index is 1.55. The molecule has 2 aromatic rings. The van der Waals surface area contributed by atoms with Crippen LogP contribution in [0.1, 0.15) is 38.3 Å². The van der Waals surface area contributed by atoms with E-state index in [0.717, 1.165) is 18.5 Å². The molecule has 2 amide bonds. The van der Waals surface area contributed by atoms with Crippen LogP contribution in [0, 0.1) is 5.92 Å². The van der Waals surface area contributed by atoms with E-state index in [1.165, 1.54) is 18.1 Å². The lowest BCUT2D eigenvalue weighted by molar-refractivity contribution is -0.157. The molecule has 158 valence electrons. The average Bonchev–Trinajstić information content (AvgIpc) is 3.16. The molecule has 1 aliphatic rings. The number of benzene rings is 2. The number of carbonyl (C=O) groups is 3. The molecule has 1 aliphatic heterocycles. The number of ether oxygens (including phenoxy) is 1. The molecular formula is C24H28N2O4. The Bertz CT molecular complexity index is 906. The third-order valence-corrected chi connectivity index (χ3v) is 5.41. The fourth-order valence-electron chi connectivity index (χ4n) is 3.42. The zero-order chi connectivity index (χ0) is 21.7. The molecule has 1 N–H and O–H groups in total. The first kappa shape index (κ1) is 21.6. The van der Waals surface area contributed by atoms with Crippen LogP contribution in [0.3, 0.4) is 0 Å². The molecule has 0 radical (unpaired) electrons. The fourth-order valence-corrected chi connectivity index (χ4v) is 3.42. The number of amides is 2. The summed E-state index contributed by atoms with van der Waals surface area (Å²) < 4.78 is 5.35. The van der Waals surface area contributed by atoms with Gasteiger partial charge >= 0.3 is 5.97 Å². The zero-order valence-corrected chi connectivity index (χ0v) is 17.7. The Kier molecular flexibility index (Phi) is 6.87. The number of aryl methyl sites for hydroxylation is 2. The number of anilines is 2. The monoisotopic (exact) mass is 408 g/mol. The maximum Gasteiger partial charge on any atom is 0.312 e. The molecule has 1 heterocycles. The topological polar surface area (TPSA) is 75.7 Å². The van der Waals surface area contributed by atoms with E-state index in [-0.39, 0.29) is 18.9 Å². The standard InChI is InChI=1S/C24H28N2O4/c1-4-17-6-10-20(11-7-17)25-23(28)16(3)30-24(29)19-14-22(27)26(15-19)21-12-8-18(5-2)9-13-21/h6-13,16,19H,4-5,14-15H2,1-3H3,(H,25,28)/t16-,19+/m1/s1. The Morgan fingerprint density at radius 2 is 1.60 bits per heavy atom. The minimum Gasteiger partial charge on any atom is -0.452 e. The number of hydrogen-bond acceptors (Lipinski definition) is 4. The highest BCUT2D eigenvalue weighted by molar-refractivity contribution is 6.00. The van der Waals surface area contributed by atoms with Crippen molar-refractivity contribution >= 4 is 29.2 Å². The van der Waals surface area contributed by atoms with Gasteiger partial charge in [-0.15, -0.1) is 0 Å². The third kappa shape index (κ3) is 5.06. The van der Waals surface area contributed by atoms with Gasteiger partial charge < -0.3 is 15.0 Å². The van der Waals surface area contributed by atoms with Crippen LogP contribution < -0.4 is 10.2 Å². The van der Waals surface area contributed by atoms with Gasteiger partial charge in [0, 0.05) is 24.3 Å². The second-order valence-corrected chi connectivity index (χ2v) is 7.54. The molecule has 6 nitrogen and oxygen atoms in total. The molecule has 2 atom stereocenters. The van der Waals surface area contributed by atoms with Gasteiger partial charge in [-0.2, -0.15) is 0 Å². The van der Waals surface area contributed by atoms with E-state index in [4.69, 9.17) is 4.74 Å². The molecule has 0 spiro atoms. The second kappa shape index (κ2) is 9.57. The van der Waals surface area contributed by atoms with Crippen LogP contribution in [-0.2, 0) is 32.0 Å². The quantitative estimate of drug-likeness (QED) is 0.708. The van der Waals surface area contributed by atoms with Crippen LogP contribution in [0.25, 0.3) is 0 Å². The lowest BCUT2D eigenvalue weighted by Crippen LogP contribution is -2.33. The highest BCUT2D eigenvalue weighted by atomic mass is 16.5. The summed E-state index contributed by atoms with van der Waals surface area (Å²) in [7, 11) is 0. The van der Waals surface area contributed by atoms with Crippen molar-refractivity contribution in [3.05, 3.63) is 59.7 Å². The number of esters is 1. The SMILES string of the molecule is CCc1ccc(NC(=O)[C@@H](C)OC(=O)[C@H]2CC(=O)N(c3ccc(CC)cc3)C2)cc1. The summed E-state index contributed by atoms with van der Waals surface area (Å²) in [6.45, 7) is 5.92. The number of carbonyl (C=O) groups excluding carboxylic acids is 3. The summed E-state index contributed by atoms with van der Waals surface area (Å²) in [5, 5.41) is 2.75. The van der Waals surface area contributed by atoms with E-state index >= 15 is 0 Å². The van der Waals surface area contributed by atoms with Crippen molar-refractivity contribution in [1.29, 1.82) is 0 Å². The van der Waals surface area contributed by atoms with Gasteiger partial charge in [0.25, 0.3) is 5.91 Å². The van der Waals surface area contributed by atoms with Gasteiger partial charge in [-0.3, -0.25) is 14.4 Å². The van der Waals surface area contributed by atoms with E-state index in [9.17, 15) is 14.4 Å². The minimum atomic E-state index is -0.948. The number of nitrogens with zero attached hydrogens (tertiary/aromatic N) is 1. The molecule has 0 saturated carbocycles. The van der Waals surface area contributed by atoms with Gasteiger partial charge in [-0.25, -0.2) is 0 Å². The van der Waals surface area contributed by atoms with Gasteiger partial charge in [0.15, 0.2) is 6.10 Å². The van der Waals surface area contributed by atoms with Crippen molar-refractivity contribution in [3.8, 4) is 0 Å². The van der Waals surface area contributed by atoms with Crippen LogP contribution in [0.4, 0.5) is 11.4 Å². The Morgan fingerprint density at radius 3 is 2.17 bits per heavy atom. The number of hydrogen-bond donors (Lipinski definition) is 1. The Labute approximate surface area is 177 Å². The van der Waals surface area contributed by atoms with Crippen molar-refractivity contribution in [3.63, 3.8) is 0 Å². The van der Waals surface area contributed by atoms with Crippen LogP contribution in [0.15, 0.2) is 48.5 Å². The summed E-state index contributed by atoms with van der Waals surface area (Å²) in [5.74, 6) is -1.62. The molecule has 0 aromatic heterocycles. The molecule has 30 heavy (non-hydrogen) atoms. The van der Waals surface area contributed by atoms with Crippen molar-refractivity contribution in [2.24, 2.45) is 5.92 Å². The maximum absolute atomic E-state index is 12.5.